The Hall–Kier alpha value is -1.10. The van der Waals surface area contributed by atoms with Gasteiger partial charge in [-0.15, -0.1) is 0 Å². The van der Waals surface area contributed by atoms with Crippen molar-refractivity contribution < 1.29 is 24.2 Å². The molecule has 0 rings (SSSR count). The maximum Gasteiger partial charge on any atom is 0.335 e. The first-order valence-electron chi connectivity index (χ1n) is 8.99. The van der Waals surface area contributed by atoms with Gasteiger partial charge in [0.25, 0.3) is 0 Å². The van der Waals surface area contributed by atoms with E-state index in [-0.39, 0.29) is 12.1 Å². The van der Waals surface area contributed by atoms with Crippen molar-refractivity contribution in [3.8, 4) is 0 Å². The SMILES string of the molecule is CCCCC(O)C(=O)OC(C)CCCCCCCCOC(C)=O. The molecule has 2 unspecified atom stereocenters. The van der Waals surface area contributed by atoms with Crippen LogP contribution in [-0.4, -0.2) is 35.9 Å². The van der Waals surface area contributed by atoms with Crippen LogP contribution in [0.4, 0.5) is 0 Å². The second-order valence-corrected chi connectivity index (χ2v) is 6.16. The Labute approximate surface area is 140 Å². The Balaban J connectivity index is 3.47. The van der Waals surface area contributed by atoms with E-state index in [1.807, 2.05) is 13.8 Å². The highest BCUT2D eigenvalue weighted by Gasteiger charge is 2.18. The van der Waals surface area contributed by atoms with Gasteiger partial charge in [-0.1, -0.05) is 45.4 Å². The van der Waals surface area contributed by atoms with Crippen LogP contribution in [0.2, 0.25) is 0 Å². The highest BCUT2D eigenvalue weighted by atomic mass is 16.6. The number of aliphatic hydroxyl groups excluding tert-OH is 1. The van der Waals surface area contributed by atoms with Crippen LogP contribution in [-0.2, 0) is 19.1 Å². The molecule has 0 radical (unpaired) electrons. The molecule has 0 saturated heterocycles. The molecular formula is C18H34O5. The van der Waals surface area contributed by atoms with E-state index in [0.29, 0.717) is 13.0 Å². The normalized spacial score (nSPS) is 13.4. The first kappa shape index (κ1) is 21.9. The van der Waals surface area contributed by atoms with Crippen molar-refractivity contribution in [3.63, 3.8) is 0 Å². The van der Waals surface area contributed by atoms with E-state index in [1.165, 1.54) is 6.92 Å². The summed E-state index contributed by atoms with van der Waals surface area (Å²) in [6.07, 6.45) is 8.38. The summed E-state index contributed by atoms with van der Waals surface area (Å²) in [4.78, 5) is 22.2. The molecule has 0 fully saturated rings. The molecule has 136 valence electrons. The molecule has 5 nitrogen and oxygen atoms in total. The third kappa shape index (κ3) is 14.2. The molecule has 1 N–H and O–H groups in total. The molecule has 0 aliphatic carbocycles. The molecule has 0 aliphatic heterocycles. The first-order valence-corrected chi connectivity index (χ1v) is 8.99. The van der Waals surface area contributed by atoms with Gasteiger partial charge in [0.05, 0.1) is 12.7 Å². The molecule has 23 heavy (non-hydrogen) atoms. The highest BCUT2D eigenvalue weighted by Crippen LogP contribution is 2.12. The van der Waals surface area contributed by atoms with Crippen LogP contribution in [0.3, 0.4) is 0 Å². The minimum Gasteiger partial charge on any atom is -0.466 e. The van der Waals surface area contributed by atoms with Crippen LogP contribution < -0.4 is 0 Å². The van der Waals surface area contributed by atoms with Crippen molar-refractivity contribution >= 4 is 11.9 Å². The van der Waals surface area contributed by atoms with Gasteiger partial charge < -0.3 is 14.6 Å². The average Bonchev–Trinajstić information content (AvgIpc) is 2.50. The maximum absolute atomic E-state index is 11.6. The van der Waals surface area contributed by atoms with Crippen LogP contribution in [0.15, 0.2) is 0 Å². The van der Waals surface area contributed by atoms with Crippen molar-refractivity contribution in [2.45, 2.75) is 97.2 Å². The standard InChI is InChI=1S/C18H34O5/c1-4-5-13-17(20)18(21)23-15(2)12-10-8-6-7-9-11-14-22-16(3)19/h15,17,20H,4-14H2,1-3H3. The van der Waals surface area contributed by atoms with Gasteiger partial charge in [0, 0.05) is 6.92 Å². The Morgan fingerprint density at radius 3 is 2.17 bits per heavy atom. The first-order chi connectivity index (χ1) is 11.0. The van der Waals surface area contributed by atoms with Gasteiger partial charge in [-0.05, 0) is 32.6 Å². The van der Waals surface area contributed by atoms with Crippen LogP contribution in [0, 0.1) is 0 Å². The molecule has 0 spiro atoms. The smallest absolute Gasteiger partial charge is 0.335 e. The summed E-state index contributed by atoms with van der Waals surface area (Å²) >= 11 is 0. The van der Waals surface area contributed by atoms with E-state index in [4.69, 9.17) is 9.47 Å². The number of hydrogen-bond donors (Lipinski definition) is 1. The molecule has 0 aromatic carbocycles. The van der Waals surface area contributed by atoms with Gasteiger partial charge in [0.2, 0.25) is 0 Å². The molecule has 0 heterocycles. The molecule has 0 aromatic rings. The number of unbranched alkanes of at least 4 members (excludes halogenated alkanes) is 6. The van der Waals surface area contributed by atoms with E-state index in [1.54, 1.807) is 0 Å². The quantitative estimate of drug-likeness (QED) is 0.388. The monoisotopic (exact) mass is 330 g/mol. The molecule has 0 aliphatic rings. The Kier molecular flexibility index (Phi) is 13.8. The second kappa shape index (κ2) is 14.5. The van der Waals surface area contributed by atoms with Crippen LogP contribution in [0.1, 0.15) is 85.0 Å². The fraction of sp³-hybridized carbons (Fsp3) is 0.889. The van der Waals surface area contributed by atoms with Gasteiger partial charge >= 0.3 is 11.9 Å². The average molecular weight is 330 g/mol. The number of ether oxygens (including phenoxy) is 2. The predicted molar refractivity (Wildman–Crippen MR) is 90.0 cm³/mol. The molecule has 2 atom stereocenters. The zero-order valence-corrected chi connectivity index (χ0v) is 15.0. The van der Waals surface area contributed by atoms with Crippen molar-refractivity contribution in [1.29, 1.82) is 0 Å². The summed E-state index contributed by atoms with van der Waals surface area (Å²) < 4.78 is 10.1. The summed E-state index contributed by atoms with van der Waals surface area (Å²) in [6, 6.07) is 0. The summed E-state index contributed by atoms with van der Waals surface area (Å²) in [5.74, 6) is -0.704. The minimum absolute atomic E-state index is 0.136. The zero-order valence-electron chi connectivity index (χ0n) is 15.0. The molecule has 0 aromatic heterocycles. The van der Waals surface area contributed by atoms with E-state index in [0.717, 1.165) is 57.8 Å². The Morgan fingerprint density at radius 1 is 0.957 bits per heavy atom. The maximum atomic E-state index is 11.6. The summed E-state index contributed by atoms with van der Waals surface area (Å²) in [7, 11) is 0. The lowest BCUT2D eigenvalue weighted by atomic mass is 10.1. The number of aliphatic hydroxyl groups is 1. The number of carbonyl (C=O) groups excluding carboxylic acids is 2. The molecular weight excluding hydrogens is 296 g/mol. The number of carbonyl (C=O) groups is 2. The van der Waals surface area contributed by atoms with Crippen molar-refractivity contribution in [3.05, 3.63) is 0 Å². The van der Waals surface area contributed by atoms with Gasteiger partial charge in [0.15, 0.2) is 6.10 Å². The van der Waals surface area contributed by atoms with Crippen LogP contribution in [0.5, 0.6) is 0 Å². The van der Waals surface area contributed by atoms with Gasteiger partial charge in [-0.3, -0.25) is 4.79 Å². The Morgan fingerprint density at radius 2 is 1.57 bits per heavy atom. The second-order valence-electron chi connectivity index (χ2n) is 6.16. The van der Waals surface area contributed by atoms with Crippen molar-refractivity contribution in [1.82, 2.24) is 0 Å². The highest BCUT2D eigenvalue weighted by molar-refractivity contribution is 5.74. The van der Waals surface area contributed by atoms with Crippen LogP contribution >= 0.6 is 0 Å². The number of rotatable bonds is 14. The van der Waals surface area contributed by atoms with Crippen molar-refractivity contribution in [2.75, 3.05) is 6.61 Å². The van der Waals surface area contributed by atoms with Gasteiger partial charge in [-0.25, -0.2) is 4.79 Å². The largest absolute Gasteiger partial charge is 0.466 e. The lowest BCUT2D eigenvalue weighted by Crippen LogP contribution is -2.26. The van der Waals surface area contributed by atoms with Gasteiger partial charge in [0.1, 0.15) is 0 Å². The lowest BCUT2D eigenvalue weighted by molar-refractivity contribution is -0.159. The summed E-state index contributed by atoms with van der Waals surface area (Å²) in [5.41, 5.74) is 0. The third-order valence-electron chi connectivity index (χ3n) is 3.73. The predicted octanol–water partition coefficient (Wildman–Crippen LogP) is 3.76. The summed E-state index contributed by atoms with van der Waals surface area (Å²) in [5, 5.41) is 9.64. The molecule has 0 saturated carbocycles. The van der Waals surface area contributed by atoms with E-state index < -0.39 is 12.1 Å². The topological polar surface area (TPSA) is 72.8 Å². The number of hydrogen-bond acceptors (Lipinski definition) is 5. The Bertz CT molecular complexity index is 317. The minimum atomic E-state index is -0.977. The van der Waals surface area contributed by atoms with E-state index in [9.17, 15) is 14.7 Å². The van der Waals surface area contributed by atoms with Crippen molar-refractivity contribution in [2.24, 2.45) is 0 Å². The zero-order chi connectivity index (χ0) is 17.5. The fourth-order valence-electron chi connectivity index (χ4n) is 2.31. The lowest BCUT2D eigenvalue weighted by Gasteiger charge is -2.16. The molecule has 0 bridgehead atoms. The third-order valence-corrected chi connectivity index (χ3v) is 3.73. The molecule has 5 heteroatoms. The fourth-order valence-corrected chi connectivity index (χ4v) is 2.31. The van der Waals surface area contributed by atoms with Crippen LogP contribution in [0.25, 0.3) is 0 Å². The van der Waals surface area contributed by atoms with Gasteiger partial charge in [-0.2, -0.15) is 0 Å². The molecule has 0 amide bonds. The summed E-state index contributed by atoms with van der Waals surface area (Å²) in [6.45, 7) is 5.85. The number of esters is 2. The van der Waals surface area contributed by atoms with E-state index in [2.05, 4.69) is 0 Å². The van der Waals surface area contributed by atoms with E-state index >= 15 is 0 Å².